The molecule has 0 aromatic carbocycles. The van der Waals surface area contributed by atoms with Crippen LogP contribution in [-0.4, -0.2) is 42.7 Å². The number of amides is 1. The fourth-order valence-electron chi connectivity index (χ4n) is 3.41. The summed E-state index contributed by atoms with van der Waals surface area (Å²) < 4.78 is 11.7. The van der Waals surface area contributed by atoms with E-state index in [9.17, 15) is 9.59 Å². The first-order valence-electron chi connectivity index (χ1n) is 9.01. The van der Waals surface area contributed by atoms with Crippen molar-refractivity contribution in [2.45, 2.75) is 90.1 Å². The van der Waals surface area contributed by atoms with Crippen LogP contribution in [0.5, 0.6) is 0 Å². The van der Waals surface area contributed by atoms with Gasteiger partial charge in [0.25, 0.3) is 0 Å². The number of Topliss-reactive ketones (excluding diaryl/α,β-unsaturated/α-hetero) is 1. The molecule has 2 fully saturated rings. The van der Waals surface area contributed by atoms with Crippen LogP contribution in [0.15, 0.2) is 0 Å². The second kappa shape index (κ2) is 8.78. The van der Waals surface area contributed by atoms with E-state index < -0.39 is 0 Å². The van der Waals surface area contributed by atoms with Crippen LogP contribution in [0, 0.1) is 5.92 Å². The maximum atomic E-state index is 11.8. The molecule has 2 aliphatic carbocycles. The van der Waals surface area contributed by atoms with Crippen LogP contribution in [0.3, 0.4) is 0 Å². The van der Waals surface area contributed by atoms with E-state index in [1.807, 2.05) is 0 Å². The van der Waals surface area contributed by atoms with Crippen LogP contribution in [0.1, 0.15) is 65.7 Å². The van der Waals surface area contributed by atoms with E-state index in [0.29, 0.717) is 19.1 Å². The standard InChI is InChI=1S/C18H31NO4/c1-12(2)23-17-6-4-16(5-7-17)22-9-8-18(21)19-15-10-14(11-15)13(3)20/h12,14-17H,4-11H2,1-3H3,(H,19,21). The number of nitrogens with one attached hydrogen (secondary N) is 1. The Morgan fingerprint density at radius 1 is 1.09 bits per heavy atom. The van der Waals surface area contributed by atoms with E-state index >= 15 is 0 Å². The SMILES string of the molecule is CC(=O)C1CC(NC(=O)CCOC2CCC(OC(C)C)CC2)C1. The number of carbonyl (C=O) groups is 2. The third kappa shape index (κ3) is 6.22. The first kappa shape index (κ1) is 18.4. The van der Waals surface area contributed by atoms with Crippen LogP contribution < -0.4 is 5.32 Å². The lowest BCUT2D eigenvalue weighted by atomic mass is 9.78. The molecule has 2 saturated carbocycles. The third-order valence-electron chi connectivity index (χ3n) is 4.85. The van der Waals surface area contributed by atoms with Crippen LogP contribution >= 0.6 is 0 Å². The van der Waals surface area contributed by atoms with E-state index in [-0.39, 0.29) is 35.9 Å². The van der Waals surface area contributed by atoms with Crippen LogP contribution in [0.4, 0.5) is 0 Å². The van der Waals surface area contributed by atoms with Gasteiger partial charge in [0, 0.05) is 18.4 Å². The molecule has 0 spiro atoms. The summed E-state index contributed by atoms with van der Waals surface area (Å²) in [7, 11) is 0. The van der Waals surface area contributed by atoms with Gasteiger partial charge in [0.05, 0.1) is 24.9 Å². The smallest absolute Gasteiger partial charge is 0.222 e. The van der Waals surface area contributed by atoms with E-state index in [1.54, 1.807) is 6.92 Å². The summed E-state index contributed by atoms with van der Waals surface area (Å²) in [6, 6.07) is 0.181. The van der Waals surface area contributed by atoms with Crippen molar-refractivity contribution in [1.82, 2.24) is 5.32 Å². The Kier molecular flexibility index (Phi) is 7.03. The van der Waals surface area contributed by atoms with Gasteiger partial charge >= 0.3 is 0 Å². The van der Waals surface area contributed by atoms with Crippen molar-refractivity contribution in [3.05, 3.63) is 0 Å². The molecule has 0 unspecified atom stereocenters. The maximum Gasteiger partial charge on any atom is 0.222 e. The zero-order valence-corrected chi connectivity index (χ0v) is 14.7. The largest absolute Gasteiger partial charge is 0.378 e. The summed E-state index contributed by atoms with van der Waals surface area (Å²) in [6.07, 6.45) is 7.03. The average Bonchev–Trinajstić information content (AvgIpc) is 2.43. The van der Waals surface area contributed by atoms with Gasteiger partial charge in [-0.05, 0) is 59.3 Å². The fourth-order valence-corrected chi connectivity index (χ4v) is 3.41. The number of hydrogen-bond donors (Lipinski definition) is 1. The van der Waals surface area contributed by atoms with Crippen LogP contribution in [0.2, 0.25) is 0 Å². The average molecular weight is 325 g/mol. The van der Waals surface area contributed by atoms with E-state index in [1.165, 1.54) is 0 Å². The fraction of sp³-hybridized carbons (Fsp3) is 0.889. The highest BCUT2D eigenvalue weighted by atomic mass is 16.5. The Hall–Kier alpha value is -0.940. The molecule has 23 heavy (non-hydrogen) atoms. The van der Waals surface area contributed by atoms with Gasteiger partial charge in [-0.15, -0.1) is 0 Å². The lowest BCUT2D eigenvalue weighted by molar-refractivity contribution is -0.128. The number of hydrogen-bond acceptors (Lipinski definition) is 4. The van der Waals surface area contributed by atoms with Gasteiger partial charge < -0.3 is 14.8 Å². The Balaban J connectivity index is 1.51. The van der Waals surface area contributed by atoms with E-state index in [4.69, 9.17) is 9.47 Å². The van der Waals surface area contributed by atoms with Crippen LogP contribution in [0.25, 0.3) is 0 Å². The van der Waals surface area contributed by atoms with Crippen molar-refractivity contribution >= 4 is 11.7 Å². The Labute approximate surface area is 139 Å². The lowest BCUT2D eigenvalue weighted by Gasteiger charge is -2.34. The molecule has 5 heteroatoms. The summed E-state index contributed by atoms with van der Waals surface area (Å²) in [6.45, 7) is 6.25. The molecule has 0 radical (unpaired) electrons. The highest BCUT2D eigenvalue weighted by Gasteiger charge is 2.33. The van der Waals surface area contributed by atoms with Gasteiger partial charge in [-0.1, -0.05) is 0 Å². The van der Waals surface area contributed by atoms with Crippen LogP contribution in [-0.2, 0) is 19.1 Å². The zero-order chi connectivity index (χ0) is 16.8. The molecular weight excluding hydrogens is 294 g/mol. The van der Waals surface area contributed by atoms with Gasteiger partial charge in [-0.3, -0.25) is 9.59 Å². The molecule has 1 N–H and O–H groups in total. The monoisotopic (exact) mass is 325 g/mol. The molecule has 0 aromatic heterocycles. The number of ketones is 1. The predicted octanol–water partition coefficient (Wildman–Crippen LogP) is 2.61. The second-order valence-corrected chi connectivity index (χ2v) is 7.25. The Morgan fingerprint density at radius 3 is 2.26 bits per heavy atom. The molecule has 2 aliphatic rings. The van der Waals surface area contributed by atoms with Crippen molar-refractivity contribution < 1.29 is 19.1 Å². The molecule has 0 heterocycles. The maximum absolute atomic E-state index is 11.8. The van der Waals surface area contributed by atoms with Gasteiger partial charge in [0.2, 0.25) is 5.91 Å². The van der Waals surface area contributed by atoms with E-state index in [0.717, 1.165) is 38.5 Å². The second-order valence-electron chi connectivity index (χ2n) is 7.25. The number of rotatable bonds is 8. The van der Waals surface area contributed by atoms with Crippen molar-refractivity contribution in [3.8, 4) is 0 Å². The van der Waals surface area contributed by atoms with Gasteiger partial charge in [-0.25, -0.2) is 0 Å². The molecule has 1 amide bonds. The first-order chi connectivity index (χ1) is 10.9. The van der Waals surface area contributed by atoms with Crippen molar-refractivity contribution in [2.75, 3.05) is 6.61 Å². The zero-order valence-electron chi connectivity index (χ0n) is 14.7. The van der Waals surface area contributed by atoms with E-state index in [2.05, 4.69) is 19.2 Å². The summed E-state index contributed by atoms with van der Waals surface area (Å²) in [5, 5.41) is 2.98. The van der Waals surface area contributed by atoms with Gasteiger partial charge in [0.1, 0.15) is 5.78 Å². The van der Waals surface area contributed by atoms with Crippen molar-refractivity contribution in [1.29, 1.82) is 0 Å². The molecule has 2 rings (SSSR count). The van der Waals surface area contributed by atoms with Gasteiger partial charge in [-0.2, -0.15) is 0 Å². The highest BCUT2D eigenvalue weighted by Crippen LogP contribution is 2.28. The Morgan fingerprint density at radius 2 is 1.70 bits per heavy atom. The molecule has 0 aromatic rings. The van der Waals surface area contributed by atoms with Crippen molar-refractivity contribution in [3.63, 3.8) is 0 Å². The molecular formula is C18H31NO4. The normalized spacial score (nSPS) is 30.8. The molecule has 5 nitrogen and oxygen atoms in total. The minimum absolute atomic E-state index is 0.0360. The minimum Gasteiger partial charge on any atom is -0.378 e. The summed E-state index contributed by atoms with van der Waals surface area (Å²) in [5.41, 5.74) is 0. The quantitative estimate of drug-likeness (QED) is 0.745. The Bertz CT molecular complexity index is 396. The molecule has 132 valence electrons. The topological polar surface area (TPSA) is 64.6 Å². The van der Waals surface area contributed by atoms with Gasteiger partial charge in [0.15, 0.2) is 0 Å². The first-order valence-corrected chi connectivity index (χ1v) is 9.01. The molecule has 0 saturated heterocycles. The lowest BCUT2D eigenvalue weighted by Crippen LogP contribution is -2.46. The minimum atomic E-state index is 0.0360. The van der Waals surface area contributed by atoms with Crippen molar-refractivity contribution in [2.24, 2.45) is 5.92 Å². The summed E-state index contributed by atoms with van der Waals surface area (Å²) >= 11 is 0. The molecule has 0 atom stereocenters. The molecule has 0 bridgehead atoms. The molecule has 0 aliphatic heterocycles. The summed E-state index contributed by atoms with van der Waals surface area (Å²) in [5.74, 6) is 0.421. The number of carbonyl (C=O) groups excluding carboxylic acids is 2. The predicted molar refractivity (Wildman–Crippen MR) is 88.2 cm³/mol. The third-order valence-corrected chi connectivity index (χ3v) is 4.85. The number of ether oxygens (including phenoxy) is 2. The summed E-state index contributed by atoms with van der Waals surface area (Å²) in [4.78, 5) is 23.0. The highest BCUT2D eigenvalue weighted by molar-refractivity contribution is 5.80.